The standard InChI is InChI=1S/C17H17ClN6O5S/c1-28-15-5-4-10(6-13(15)21-30(3,26)27)20-17(25)11-7-12(18)14(8-16(11)29-2)24-9-19-22-23-24/h4-9,21H,1-3H3,(H,20,25). The van der Waals surface area contributed by atoms with Crippen LogP contribution in [0.15, 0.2) is 36.7 Å². The number of carbonyl (C=O) groups excluding carboxylic acids is 1. The van der Waals surface area contributed by atoms with Crippen molar-refractivity contribution in [3.63, 3.8) is 0 Å². The Hall–Kier alpha value is -3.38. The van der Waals surface area contributed by atoms with E-state index in [0.717, 1.165) is 6.26 Å². The molecule has 2 N–H and O–H groups in total. The highest BCUT2D eigenvalue weighted by molar-refractivity contribution is 7.92. The second kappa shape index (κ2) is 8.55. The van der Waals surface area contributed by atoms with Gasteiger partial charge in [-0.15, -0.1) is 5.10 Å². The van der Waals surface area contributed by atoms with Gasteiger partial charge < -0.3 is 14.8 Å². The number of aromatic nitrogens is 4. The lowest BCUT2D eigenvalue weighted by molar-refractivity contribution is 0.102. The number of rotatable bonds is 7. The average molecular weight is 453 g/mol. The minimum absolute atomic E-state index is 0.160. The van der Waals surface area contributed by atoms with Crippen LogP contribution < -0.4 is 19.5 Å². The van der Waals surface area contributed by atoms with Gasteiger partial charge in [-0.2, -0.15) is 4.68 Å². The Balaban J connectivity index is 1.92. The number of anilines is 2. The van der Waals surface area contributed by atoms with E-state index >= 15 is 0 Å². The molecule has 0 saturated heterocycles. The Labute approximate surface area is 177 Å². The molecule has 30 heavy (non-hydrogen) atoms. The lowest BCUT2D eigenvalue weighted by Gasteiger charge is -2.14. The Morgan fingerprint density at radius 2 is 1.87 bits per heavy atom. The third kappa shape index (κ3) is 4.78. The molecule has 1 aromatic heterocycles. The zero-order chi connectivity index (χ0) is 21.9. The Morgan fingerprint density at radius 1 is 1.13 bits per heavy atom. The number of methoxy groups -OCH3 is 2. The van der Waals surface area contributed by atoms with Crippen LogP contribution in [0.5, 0.6) is 11.5 Å². The number of hydrogen-bond acceptors (Lipinski definition) is 8. The lowest BCUT2D eigenvalue weighted by atomic mass is 10.1. The van der Waals surface area contributed by atoms with Crippen LogP contribution in [0.4, 0.5) is 11.4 Å². The predicted molar refractivity (Wildman–Crippen MR) is 110 cm³/mol. The molecule has 13 heteroatoms. The first-order chi connectivity index (χ1) is 14.2. The molecular weight excluding hydrogens is 436 g/mol. The van der Waals surface area contributed by atoms with Crippen molar-refractivity contribution >= 4 is 38.9 Å². The van der Waals surface area contributed by atoms with Gasteiger partial charge in [0.25, 0.3) is 5.91 Å². The highest BCUT2D eigenvalue weighted by atomic mass is 35.5. The third-order valence-corrected chi connectivity index (χ3v) is 4.76. The maximum absolute atomic E-state index is 12.8. The van der Waals surface area contributed by atoms with Crippen molar-refractivity contribution in [2.45, 2.75) is 0 Å². The smallest absolute Gasteiger partial charge is 0.259 e. The number of sulfonamides is 1. The van der Waals surface area contributed by atoms with Crippen LogP contribution in [-0.4, -0.2) is 55.0 Å². The van der Waals surface area contributed by atoms with Gasteiger partial charge in [0.1, 0.15) is 17.8 Å². The molecule has 158 valence electrons. The van der Waals surface area contributed by atoms with Gasteiger partial charge >= 0.3 is 0 Å². The third-order valence-electron chi connectivity index (χ3n) is 3.86. The van der Waals surface area contributed by atoms with Gasteiger partial charge in [-0.3, -0.25) is 9.52 Å². The van der Waals surface area contributed by atoms with Gasteiger partial charge in [-0.05, 0) is 34.7 Å². The molecule has 0 aliphatic carbocycles. The Bertz CT molecular complexity index is 1180. The number of benzene rings is 2. The fourth-order valence-corrected chi connectivity index (χ4v) is 3.41. The fraction of sp³-hybridized carbons (Fsp3) is 0.176. The summed E-state index contributed by atoms with van der Waals surface area (Å²) >= 11 is 6.29. The van der Waals surface area contributed by atoms with E-state index in [0.29, 0.717) is 17.1 Å². The summed E-state index contributed by atoms with van der Waals surface area (Å²) in [6, 6.07) is 7.47. The maximum atomic E-state index is 12.8. The molecule has 3 aromatic rings. The largest absolute Gasteiger partial charge is 0.496 e. The molecule has 0 saturated carbocycles. The summed E-state index contributed by atoms with van der Waals surface area (Å²) < 4.78 is 37.3. The quantitative estimate of drug-likeness (QED) is 0.554. The molecule has 1 heterocycles. The van der Waals surface area contributed by atoms with Crippen LogP contribution >= 0.6 is 11.6 Å². The Morgan fingerprint density at radius 3 is 2.47 bits per heavy atom. The van der Waals surface area contributed by atoms with Crippen molar-refractivity contribution in [2.24, 2.45) is 0 Å². The molecular formula is C17H17ClN6O5S. The molecule has 0 unspecified atom stereocenters. The molecule has 1 amide bonds. The molecule has 0 spiro atoms. The first-order valence-corrected chi connectivity index (χ1v) is 10.6. The van der Waals surface area contributed by atoms with E-state index in [1.165, 1.54) is 49.5 Å². The zero-order valence-corrected chi connectivity index (χ0v) is 17.7. The van der Waals surface area contributed by atoms with Crippen LogP contribution in [-0.2, 0) is 10.0 Å². The van der Waals surface area contributed by atoms with E-state index in [2.05, 4.69) is 25.6 Å². The molecule has 3 rings (SSSR count). The highest BCUT2D eigenvalue weighted by Gasteiger charge is 2.18. The van der Waals surface area contributed by atoms with Gasteiger partial charge in [0, 0.05) is 11.8 Å². The molecule has 11 nitrogen and oxygen atoms in total. The number of hydrogen-bond donors (Lipinski definition) is 2. The molecule has 0 radical (unpaired) electrons. The summed E-state index contributed by atoms with van der Waals surface area (Å²) in [6.07, 6.45) is 2.37. The van der Waals surface area contributed by atoms with Crippen LogP contribution in [0, 0.1) is 0 Å². The van der Waals surface area contributed by atoms with Gasteiger partial charge in [0.05, 0.1) is 42.4 Å². The van der Waals surface area contributed by atoms with E-state index in [9.17, 15) is 13.2 Å². The van der Waals surface area contributed by atoms with Crippen molar-refractivity contribution in [2.75, 3.05) is 30.5 Å². The molecule has 0 bridgehead atoms. The molecule has 0 atom stereocenters. The lowest BCUT2D eigenvalue weighted by Crippen LogP contribution is -2.15. The number of nitrogens with zero attached hydrogens (tertiary/aromatic N) is 4. The highest BCUT2D eigenvalue weighted by Crippen LogP contribution is 2.32. The SMILES string of the molecule is COc1ccc(NC(=O)c2cc(Cl)c(-n3cnnn3)cc2OC)cc1NS(C)(=O)=O. The molecule has 0 aliphatic rings. The minimum atomic E-state index is -3.55. The monoisotopic (exact) mass is 452 g/mol. The van der Waals surface area contributed by atoms with E-state index in [1.807, 2.05) is 0 Å². The minimum Gasteiger partial charge on any atom is -0.496 e. The van der Waals surface area contributed by atoms with Crippen molar-refractivity contribution in [3.05, 3.63) is 47.2 Å². The average Bonchev–Trinajstić information content (AvgIpc) is 3.21. The van der Waals surface area contributed by atoms with Gasteiger partial charge in [0.2, 0.25) is 10.0 Å². The number of amides is 1. The topological polar surface area (TPSA) is 137 Å². The summed E-state index contributed by atoms with van der Waals surface area (Å²) in [5, 5.41) is 13.8. The summed E-state index contributed by atoms with van der Waals surface area (Å²) in [5.41, 5.74) is 1.10. The number of ether oxygens (including phenoxy) is 2. The first-order valence-electron chi connectivity index (χ1n) is 8.30. The van der Waals surface area contributed by atoms with Crippen LogP contribution in [0.25, 0.3) is 5.69 Å². The second-order valence-electron chi connectivity index (χ2n) is 6.00. The number of carbonyl (C=O) groups is 1. The number of tetrazole rings is 1. The zero-order valence-electron chi connectivity index (χ0n) is 16.1. The summed E-state index contributed by atoms with van der Waals surface area (Å²) in [4.78, 5) is 12.8. The Kier molecular flexibility index (Phi) is 6.08. The van der Waals surface area contributed by atoms with Crippen molar-refractivity contribution in [1.29, 1.82) is 0 Å². The van der Waals surface area contributed by atoms with Crippen LogP contribution in [0.2, 0.25) is 5.02 Å². The van der Waals surface area contributed by atoms with Crippen molar-refractivity contribution in [3.8, 4) is 17.2 Å². The van der Waals surface area contributed by atoms with Crippen LogP contribution in [0.3, 0.4) is 0 Å². The summed E-state index contributed by atoms with van der Waals surface area (Å²) in [5.74, 6) is 0.0164. The summed E-state index contributed by atoms with van der Waals surface area (Å²) in [7, 11) is -0.738. The summed E-state index contributed by atoms with van der Waals surface area (Å²) in [6.45, 7) is 0. The van der Waals surface area contributed by atoms with E-state index in [4.69, 9.17) is 21.1 Å². The van der Waals surface area contributed by atoms with Gasteiger partial charge in [-0.1, -0.05) is 11.6 Å². The van der Waals surface area contributed by atoms with Gasteiger partial charge in [-0.25, -0.2) is 8.42 Å². The maximum Gasteiger partial charge on any atom is 0.259 e. The van der Waals surface area contributed by atoms with E-state index < -0.39 is 15.9 Å². The number of halogens is 1. The molecule has 0 aliphatic heterocycles. The van der Waals surface area contributed by atoms with E-state index in [1.54, 1.807) is 6.07 Å². The van der Waals surface area contributed by atoms with Gasteiger partial charge in [0.15, 0.2) is 0 Å². The molecule has 2 aromatic carbocycles. The fourth-order valence-electron chi connectivity index (χ4n) is 2.60. The van der Waals surface area contributed by atoms with Crippen LogP contribution in [0.1, 0.15) is 10.4 Å². The second-order valence-corrected chi connectivity index (χ2v) is 8.16. The predicted octanol–water partition coefficient (Wildman–Crippen LogP) is 1.96. The first kappa shape index (κ1) is 21.3. The van der Waals surface area contributed by atoms with Crippen molar-refractivity contribution < 1.29 is 22.7 Å². The van der Waals surface area contributed by atoms with E-state index in [-0.39, 0.29) is 22.0 Å². The normalized spacial score (nSPS) is 11.1. The van der Waals surface area contributed by atoms with Crippen molar-refractivity contribution in [1.82, 2.24) is 20.2 Å². The number of nitrogens with one attached hydrogen (secondary N) is 2. The molecule has 0 fully saturated rings.